The molecule has 1 aliphatic carbocycles. The van der Waals surface area contributed by atoms with Crippen LogP contribution in [-0.4, -0.2) is 39.9 Å². The number of pyridine rings is 1. The maximum Gasteiger partial charge on any atom is 0.289 e. The van der Waals surface area contributed by atoms with Gasteiger partial charge in [0.1, 0.15) is 17.1 Å². The van der Waals surface area contributed by atoms with Crippen LogP contribution in [0.4, 0.5) is 5.69 Å². The molecular formula is C22H24N6O3. The van der Waals surface area contributed by atoms with Gasteiger partial charge < -0.3 is 20.1 Å². The van der Waals surface area contributed by atoms with E-state index in [1.165, 1.54) is 7.05 Å². The minimum atomic E-state index is -0.358. The number of amides is 1. The number of hydrogen-bond donors (Lipinski definition) is 3. The summed E-state index contributed by atoms with van der Waals surface area (Å²) in [5.41, 5.74) is 2.76. The number of hydrogen-bond acceptors (Lipinski definition) is 7. The molecule has 0 spiro atoms. The van der Waals surface area contributed by atoms with E-state index in [1.54, 1.807) is 12.3 Å². The van der Waals surface area contributed by atoms with E-state index in [0.717, 1.165) is 29.6 Å². The lowest BCUT2D eigenvalue weighted by Gasteiger charge is -2.34. The van der Waals surface area contributed by atoms with E-state index >= 15 is 0 Å². The molecule has 0 bridgehead atoms. The molecule has 9 heteroatoms. The van der Waals surface area contributed by atoms with Crippen molar-refractivity contribution in [3.63, 3.8) is 0 Å². The van der Waals surface area contributed by atoms with Gasteiger partial charge in [-0.05, 0) is 31.2 Å². The second-order valence-corrected chi connectivity index (χ2v) is 8.09. The normalized spacial score (nSPS) is 20.9. The Bertz CT molecular complexity index is 1160. The van der Waals surface area contributed by atoms with Gasteiger partial charge in [-0.3, -0.25) is 9.59 Å². The molecule has 3 aromatic rings. The van der Waals surface area contributed by atoms with Crippen molar-refractivity contribution in [2.75, 3.05) is 12.4 Å². The highest BCUT2D eigenvalue weighted by atomic mass is 16.5. The molecule has 1 unspecified atom stereocenters. The molecule has 0 saturated heterocycles. The van der Waals surface area contributed by atoms with E-state index < -0.39 is 0 Å². The number of nitriles is 1. The molecule has 0 aromatic carbocycles. The lowest BCUT2D eigenvalue weighted by atomic mass is 9.77. The number of fused-ring (bicyclic) bond motifs is 1. The predicted molar refractivity (Wildman–Crippen MR) is 114 cm³/mol. The van der Waals surface area contributed by atoms with E-state index in [1.807, 2.05) is 18.3 Å². The van der Waals surface area contributed by atoms with Crippen molar-refractivity contribution in [1.29, 1.82) is 5.26 Å². The van der Waals surface area contributed by atoms with Crippen molar-refractivity contribution in [3.8, 4) is 17.3 Å². The van der Waals surface area contributed by atoms with Crippen molar-refractivity contribution in [2.45, 2.75) is 38.6 Å². The van der Waals surface area contributed by atoms with Crippen LogP contribution in [0, 0.1) is 23.2 Å². The highest BCUT2D eigenvalue weighted by Crippen LogP contribution is 2.37. The zero-order valence-electron chi connectivity index (χ0n) is 17.4. The quantitative estimate of drug-likeness (QED) is 0.556. The standard InChI is InChI=1S/C22H24N6O3/c1-12-7-13(18(29)3-5-23)9-14(8-12)27-20-15-4-6-25-21(15)26-11-16(20)17-10-19(31-28-17)22(30)24-2/h4,6,10-14H,3,7-9H2,1-2H3,(H,24,30)(H2,25,26,27)/t12-,13?,14-/m1/s1. The number of carbonyl (C=O) groups is 2. The van der Waals surface area contributed by atoms with Gasteiger partial charge in [-0.25, -0.2) is 4.98 Å². The first kappa shape index (κ1) is 20.6. The van der Waals surface area contributed by atoms with E-state index in [0.29, 0.717) is 23.6 Å². The number of nitrogens with one attached hydrogen (secondary N) is 3. The summed E-state index contributed by atoms with van der Waals surface area (Å²) in [5, 5.41) is 20.0. The molecule has 0 radical (unpaired) electrons. The highest BCUT2D eigenvalue weighted by molar-refractivity contribution is 5.99. The molecule has 31 heavy (non-hydrogen) atoms. The van der Waals surface area contributed by atoms with Gasteiger partial charge in [0.25, 0.3) is 5.91 Å². The summed E-state index contributed by atoms with van der Waals surface area (Å²) < 4.78 is 5.20. The molecule has 9 nitrogen and oxygen atoms in total. The van der Waals surface area contributed by atoms with Crippen molar-refractivity contribution in [2.24, 2.45) is 11.8 Å². The second kappa shape index (κ2) is 8.60. The van der Waals surface area contributed by atoms with Crippen LogP contribution in [0.25, 0.3) is 22.3 Å². The Kier molecular flexibility index (Phi) is 5.71. The number of ketones is 1. The van der Waals surface area contributed by atoms with E-state index in [4.69, 9.17) is 9.78 Å². The van der Waals surface area contributed by atoms with Crippen LogP contribution < -0.4 is 10.6 Å². The predicted octanol–water partition coefficient (Wildman–Crippen LogP) is 3.28. The smallest absolute Gasteiger partial charge is 0.289 e. The third kappa shape index (κ3) is 4.14. The molecule has 1 aliphatic rings. The van der Waals surface area contributed by atoms with Crippen LogP contribution >= 0.6 is 0 Å². The van der Waals surface area contributed by atoms with Gasteiger partial charge in [-0.2, -0.15) is 5.26 Å². The van der Waals surface area contributed by atoms with Gasteiger partial charge >= 0.3 is 0 Å². The first-order chi connectivity index (χ1) is 15.0. The molecule has 4 rings (SSSR count). The Morgan fingerprint density at radius 1 is 1.35 bits per heavy atom. The van der Waals surface area contributed by atoms with Crippen LogP contribution in [0.2, 0.25) is 0 Å². The Hall–Kier alpha value is -3.67. The second-order valence-electron chi connectivity index (χ2n) is 8.09. The number of aromatic amines is 1. The van der Waals surface area contributed by atoms with Gasteiger partial charge in [0, 0.05) is 48.4 Å². The summed E-state index contributed by atoms with van der Waals surface area (Å²) in [7, 11) is 1.53. The Balaban J connectivity index is 1.68. The molecule has 3 atom stereocenters. The third-order valence-corrected chi connectivity index (χ3v) is 5.82. The largest absolute Gasteiger partial charge is 0.381 e. The molecule has 3 N–H and O–H groups in total. The lowest BCUT2D eigenvalue weighted by molar-refractivity contribution is -0.123. The lowest BCUT2D eigenvalue weighted by Crippen LogP contribution is -2.34. The number of Topliss-reactive ketones (excluding diaryl/α,β-unsaturated/α-hetero) is 1. The summed E-state index contributed by atoms with van der Waals surface area (Å²) >= 11 is 0. The SMILES string of the molecule is CNC(=O)c1cc(-c2cnc3[nH]ccc3c2N[C@H]2CC(C(=O)CC#N)C[C@@H](C)C2)no1. The first-order valence-electron chi connectivity index (χ1n) is 10.3. The van der Waals surface area contributed by atoms with Crippen molar-refractivity contribution in [3.05, 3.63) is 30.3 Å². The van der Waals surface area contributed by atoms with Gasteiger partial charge in [0.2, 0.25) is 5.76 Å². The third-order valence-electron chi connectivity index (χ3n) is 5.82. The monoisotopic (exact) mass is 420 g/mol. The average Bonchev–Trinajstić information content (AvgIpc) is 3.43. The first-order valence-corrected chi connectivity index (χ1v) is 10.3. The molecule has 1 fully saturated rings. The Labute approximate surface area is 179 Å². The summed E-state index contributed by atoms with van der Waals surface area (Å²) in [4.78, 5) is 31.8. The minimum absolute atomic E-state index is 0.00862. The van der Waals surface area contributed by atoms with Gasteiger partial charge in [0.15, 0.2) is 0 Å². The number of carbonyl (C=O) groups excluding carboxylic acids is 2. The molecule has 1 saturated carbocycles. The number of rotatable bonds is 6. The number of anilines is 1. The summed E-state index contributed by atoms with van der Waals surface area (Å²) in [5.74, 6) is 0.00174. The number of H-pyrrole nitrogens is 1. The summed E-state index contributed by atoms with van der Waals surface area (Å²) in [6, 6.07) is 5.55. The van der Waals surface area contributed by atoms with Gasteiger partial charge in [-0.1, -0.05) is 12.1 Å². The zero-order chi connectivity index (χ0) is 22.0. The van der Waals surface area contributed by atoms with Crippen LogP contribution in [0.1, 0.15) is 43.2 Å². The van der Waals surface area contributed by atoms with E-state index in [2.05, 4.69) is 32.7 Å². The van der Waals surface area contributed by atoms with Crippen LogP contribution in [0.15, 0.2) is 29.0 Å². The topological polar surface area (TPSA) is 137 Å². The Morgan fingerprint density at radius 3 is 2.97 bits per heavy atom. The molecule has 3 aromatic heterocycles. The molecule has 1 amide bonds. The fraction of sp³-hybridized carbons (Fsp3) is 0.409. The summed E-state index contributed by atoms with van der Waals surface area (Å²) in [6.45, 7) is 2.13. The fourth-order valence-electron chi connectivity index (χ4n) is 4.40. The van der Waals surface area contributed by atoms with E-state index in [-0.39, 0.29) is 35.8 Å². The Morgan fingerprint density at radius 2 is 2.19 bits per heavy atom. The van der Waals surface area contributed by atoms with Gasteiger partial charge in [-0.15, -0.1) is 0 Å². The maximum absolute atomic E-state index is 12.4. The molecular weight excluding hydrogens is 396 g/mol. The van der Waals surface area contributed by atoms with Crippen molar-refractivity contribution < 1.29 is 14.1 Å². The van der Waals surface area contributed by atoms with Gasteiger partial charge in [0.05, 0.1) is 18.2 Å². The average molecular weight is 420 g/mol. The van der Waals surface area contributed by atoms with Crippen molar-refractivity contribution in [1.82, 2.24) is 20.4 Å². The number of aromatic nitrogens is 3. The van der Waals surface area contributed by atoms with Crippen LogP contribution in [0.3, 0.4) is 0 Å². The zero-order valence-corrected chi connectivity index (χ0v) is 17.4. The van der Waals surface area contributed by atoms with Crippen LogP contribution in [-0.2, 0) is 4.79 Å². The number of nitrogens with zero attached hydrogens (tertiary/aromatic N) is 3. The molecule has 3 heterocycles. The molecule has 0 aliphatic heterocycles. The van der Waals surface area contributed by atoms with Crippen molar-refractivity contribution >= 4 is 28.4 Å². The molecule has 160 valence electrons. The van der Waals surface area contributed by atoms with Crippen LogP contribution in [0.5, 0.6) is 0 Å². The maximum atomic E-state index is 12.4. The fourth-order valence-corrected chi connectivity index (χ4v) is 4.40. The summed E-state index contributed by atoms with van der Waals surface area (Å²) in [6.07, 6.45) is 5.84. The highest BCUT2D eigenvalue weighted by Gasteiger charge is 2.31. The minimum Gasteiger partial charge on any atom is -0.381 e. The van der Waals surface area contributed by atoms with E-state index in [9.17, 15) is 9.59 Å².